The Morgan fingerprint density at radius 2 is 2.00 bits per heavy atom. The van der Waals surface area contributed by atoms with Gasteiger partial charge < -0.3 is 12.4 Å². The molecule has 1 heterocycles. The van der Waals surface area contributed by atoms with Gasteiger partial charge in [-0.1, -0.05) is 43.7 Å². The molecule has 0 atom stereocenters. The first-order valence-corrected chi connectivity index (χ1v) is 6.18. The molecule has 0 aliphatic heterocycles. The van der Waals surface area contributed by atoms with E-state index in [0.29, 0.717) is 0 Å². The molecule has 0 aliphatic rings. The van der Waals surface area contributed by atoms with Crippen LogP contribution in [-0.2, 0) is 6.54 Å². The average Bonchev–Trinajstić information content (AvgIpc) is 2.83. The van der Waals surface area contributed by atoms with Gasteiger partial charge in [-0.15, -0.1) is 0 Å². The summed E-state index contributed by atoms with van der Waals surface area (Å²) in [4.78, 5) is 0. The van der Waals surface area contributed by atoms with Crippen LogP contribution < -0.4 is 17.0 Å². The van der Waals surface area contributed by atoms with Crippen LogP contribution in [0, 0.1) is 0 Å². The van der Waals surface area contributed by atoms with Crippen molar-refractivity contribution in [3.05, 3.63) is 54.6 Å². The average molecular weight is 263 g/mol. The lowest BCUT2D eigenvalue weighted by atomic mass is 10.2. The van der Waals surface area contributed by atoms with Gasteiger partial charge in [0.15, 0.2) is 0 Å². The standard InChI is InChI=1S/C15H19N2.ClH/c1-2-3-10-16-12-13-17(14-16)11-9-15-7-5-4-6-8-15;/h4-9,11-14H,2-3,10H2,1H3;1H/q+1;/p-1. The van der Waals surface area contributed by atoms with E-state index in [0.717, 1.165) is 6.54 Å². The molecule has 0 saturated carbocycles. The topological polar surface area (TPSA) is 8.81 Å². The molecule has 0 aliphatic carbocycles. The van der Waals surface area contributed by atoms with E-state index >= 15 is 0 Å². The van der Waals surface area contributed by atoms with Gasteiger partial charge in [-0.3, -0.25) is 0 Å². The molecule has 0 saturated heterocycles. The van der Waals surface area contributed by atoms with Crippen LogP contribution in [0.4, 0.5) is 0 Å². The molecule has 1 aromatic carbocycles. The van der Waals surface area contributed by atoms with Crippen LogP contribution >= 0.6 is 0 Å². The second-order valence-electron chi connectivity index (χ2n) is 4.18. The summed E-state index contributed by atoms with van der Waals surface area (Å²) < 4.78 is 4.31. The number of hydrogen-bond acceptors (Lipinski definition) is 0. The fourth-order valence-corrected chi connectivity index (χ4v) is 1.71. The number of rotatable bonds is 5. The SMILES string of the molecule is CCCC[n+]1ccn(C=Cc2ccccc2)c1.[Cl-]. The van der Waals surface area contributed by atoms with Gasteiger partial charge in [-0.2, -0.15) is 0 Å². The highest BCUT2D eigenvalue weighted by Crippen LogP contribution is 2.02. The molecule has 0 bridgehead atoms. The van der Waals surface area contributed by atoms with Crippen molar-refractivity contribution in [2.45, 2.75) is 26.3 Å². The number of halogens is 1. The fraction of sp³-hybridized carbons (Fsp3) is 0.267. The van der Waals surface area contributed by atoms with E-state index in [1.54, 1.807) is 0 Å². The van der Waals surface area contributed by atoms with Gasteiger partial charge >= 0.3 is 0 Å². The Balaban J connectivity index is 0.00000162. The number of hydrogen-bond donors (Lipinski definition) is 0. The van der Waals surface area contributed by atoms with Crippen molar-refractivity contribution >= 4 is 12.3 Å². The van der Waals surface area contributed by atoms with E-state index in [4.69, 9.17) is 0 Å². The molecule has 2 rings (SSSR count). The zero-order chi connectivity index (χ0) is 11.9. The molecule has 2 nitrogen and oxygen atoms in total. The minimum Gasteiger partial charge on any atom is -1.00 e. The summed E-state index contributed by atoms with van der Waals surface area (Å²) in [7, 11) is 0. The molecule has 0 N–H and O–H groups in total. The second kappa shape index (κ2) is 7.72. The maximum Gasteiger partial charge on any atom is 0.248 e. The van der Waals surface area contributed by atoms with Crippen molar-refractivity contribution in [1.82, 2.24) is 4.57 Å². The van der Waals surface area contributed by atoms with E-state index in [9.17, 15) is 0 Å². The molecular formula is C15H19ClN2. The Morgan fingerprint density at radius 1 is 1.22 bits per heavy atom. The monoisotopic (exact) mass is 262 g/mol. The highest BCUT2D eigenvalue weighted by molar-refractivity contribution is 5.59. The highest BCUT2D eigenvalue weighted by Gasteiger charge is 1.99. The van der Waals surface area contributed by atoms with Gasteiger partial charge in [0.25, 0.3) is 0 Å². The van der Waals surface area contributed by atoms with E-state index in [-0.39, 0.29) is 12.4 Å². The highest BCUT2D eigenvalue weighted by atomic mass is 35.5. The predicted molar refractivity (Wildman–Crippen MR) is 71.2 cm³/mol. The smallest absolute Gasteiger partial charge is 0.248 e. The van der Waals surface area contributed by atoms with Gasteiger partial charge in [0.1, 0.15) is 12.4 Å². The van der Waals surface area contributed by atoms with Crippen LogP contribution in [0.2, 0.25) is 0 Å². The van der Waals surface area contributed by atoms with Crippen molar-refractivity contribution in [3.63, 3.8) is 0 Å². The number of aromatic nitrogens is 2. The van der Waals surface area contributed by atoms with Gasteiger partial charge in [-0.05, 0) is 18.1 Å². The fourth-order valence-electron chi connectivity index (χ4n) is 1.71. The summed E-state index contributed by atoms with van der Waals surface area (Å²) >= 11 is 0. The van der Waals surface area contributed by atoms with Gasteiger partial charge in [0, 0.05) is 0 Å². The molecular weight excluding hydrogens is 244 g/mol. The van der Waals surface area contributed by atoms with Gasteiger partial charge in [0.05, 0.1) is 12.7 Å². The molecule has 3 heteroatoms. The van der Waals surface area contributed by atoms with Crippen LogP contribution in [-0.4, -0.2) is 4.57 Å². The minimum atomic E-state index is 0. The molecule has 0 fully saturated rings. The van der Waals surface area contributed by atoms with Crippen molar-refractivity contribution in [2.75, 3.05) is 0 Å². The van der Waals surface area contributed by atoms with E-state index in [1.165, 1.54) is 18.4 Å². The Bertz CT molecular complexity index is 474. The number of benzene rings is 1. The van der Waals surface area contributed by atoms with E-state index in [1.807, 2.05) is 6.07 Å². The summed E-state index contributed by atoms with van der Waals surface area (Å²) in [6.45, 7) is 3.32. The van der Waals surface area contributed by atoms with Crippen LogP contribution in [0.1, 0.15) is 25.3 Å². The third-order valence-electron chi connectivity index (χ3n) is 2.72. The molecule has 0 spiro atoms. The first-order chi connectivity index (χ1) is 8.38. The lowest BCUT2D eigenvalue weighted by molar-refractivity contribution is -0.696. The Morgan fingerprint density at radius 3 is 2.72 bits per heavy atom. The number of aryl methyl sites for hydroxylation is 1. The maximum atomic E-state index is 2.22. The summed E-state index contributed by atoms with van der Waals surface area (Å²) in [6.07, 6.45) is 13.0. The van der Waals surface area contributed by atoms with E-state index < -0.39 is 0 Å². The molecule has 1 aromatic heterocycles. The second-order valence-corrected chi connectivity index (χ2v) is 4.18. The zero-order valence-corrected chi connectivity index (χ0v) is 11.4. The molecule has 2 aromatic rings. The number of unbranched alkanes of at least 4 members (excludes halogenated alkanes) is 1. The number of imidazole rings is 1. The predicted octanol–water partition coefficient (Wildman–Crippen LogP) is 0.208. The van der Waals surface area contributed by atoms with Crippen molar-refractivity contribution in [1.29, 1.82) is 0 Å². The van der Waals surface area contributed by atoms with Crippen LogP contribution in [0.25, 0.3) is 12.3 Å². The van der Waals surface area contributed by atoms with Crippen LogP contribution in [0.3, 0.4) is 0 Å². The normalized spacial score (nSPS) is 10.5. The molecule has 18 heavy (non-hydrogen) atoms. The Kier molecular flexibility index (Phi) is 6.23. The minimum absolute atomic E-state index is 0. The third kappa shape index (κ3) is 4.38. The summed E-state index contributed by atoms with van der Waals surface area (Å²) in [5.74, 6) is 0. The summed E-state index contributed by atoms with van der Waals surface area (Å²) in [6, 6.07) is 10.3. The first kappa shape index (κ1) is 14.5. The molecule has 0 unspecified atom stereocenters. The van der Waals surface area contributed by atoms with E-state index in [2.05, 4.69) is 71.3 Å². The first-order valence-electron chi connectivity index (χ1n) is 6.18. The zero-order valence-electron chi connectivity index (χ0n) is 10.7. The molecule has 96 valence electrons. The Labute approximate surface area is 115 Å². The van der Waals surface area contributed by atoms with Crippen molar-refractivity contribution in [3.8, 4) is 0 Å². The lowest BCUT2D eigenvalue weighted by Crippen LogP contribution is -3.00. The quantitative estimate of drug-likeness (QED) is 0.682. The van der Waals surface area contributed by atoms with Crippen molar-refractivity contribution in [2.24, 2.45) is 0 Å². The van der Waals surface area contributed by atoms with Gasteiger partial charge in [-0.25, -0.2) is 9.13 Å². The van der Waals surface area contributed by atoms with Crippen LogP contribution in [0.5, 0.6) is 0 Å². The largest absolute Gasteiger partial charge is 1.00 e. The summed E-state index contributed by atoms with van der Waals surface area (Å²) in [5.41, 5.74) is 1.22. The molecule has 0 radical (unpaired) electrons. The maximum absolute atomic E-state index is 2.22. The van der Waals surface area contributed by atoms with Crippen LogP contribution in [0.15, 0.2) is 49.1 Å². The molecule has 0 amide bonds. The third-order valence-corrected chi connectivity index (χ3v) is 2.72. The lowest BCUT2D eigenvalue weighted by Gasteiger charge is -1.91. The number of nitrogens with zero attached hydrogens (tertiary/aromatic N) is 2. The summed E-state index contributed by atoms with van der Waals surface area (Å²) in [5, 5.41) is 0. The van der Waals surface area contributed by atoms with Crippen molar-refractivity contribution < 1.29 is 17.0 Å². The Hall–Kier alpha value is -1.54. The van der Waals surface area contributed by atoms with Gasteiger partial charge in [0.2, 0.25) is 6.33 Å².